The smallest absolute Gasteiger partial charge is 0.306 e. The summed E-state index contributed by atoms with van der Waals surface area (Å²) in [4.78, 5) is 37.8. The Morgan fingerprint density at radius 1 is 0.345 bits per heavy atom. The third kappa shape index (κ3) is 44.7. The summed E-state index contributed by atoms with van der Waals surface area (Å²) in [5.74, 6) is -0.913. The van der Waals surface area contributed by atoms with Gasteiger partial charge in [0.05, 0.1) is 0 Å². The lowest BCUT2D eigenvalue weighted by Gasteiger charge is -2.18. The molecule has 1 unspecified atom stereocenters. The Bertz CT molecular complexity index is 984. The molecule has 0 saturated heterocycles. The molecule has 0 saturated carbocycles. The van der Waals surface area contributed by atoms with Gasteiger partial charge in [0.1, 0.15) is 13.2 Å². The highest BCUT2D eigenvalue weighted by Gasteiger charge is 2.19. The molecule has 0 spiro atoms. The van der Waals surface area contributed by atoms with Crippen molar-refractivity contribution < 1.29 is 28.6 Å². The number of hydrogen-bond acceptors (Lipinski definition) is 6. The summed E-state index contributed by atoms with van der Waals surface area (Å²) < 4.78 is 16.7. The van der Waals surface area contributed by atoms with Crippen LogP contribution in [0.3, 0.4) is 0 Å². The van der Waals surface area contributed by atoms with Crippen LogP contribution in [0.1, 0.15) is 258 Å². The lowest BCUT2D eigenvalue weighted by molar-refractivity contribution is -0.167. The third-order valence-corrected chi connectivity index (χ3v) is 10.9. The molecular formula is C52H94O6. The van der Waals surface area contributed by atoms with Crippen LogP contribution in [0.2, 0.25) is 0 Å². The topological polar surface area (TPSA) is 78.9 Å². The van der Waals surface area contributed by atoms with Crippen molar-refractivity contribution in [1.29, 1.82) is 0 Å². The average Bonchev–Trinajstić information content (AvgIpc) is 3.22. The molecule has 338 valence electrons. The van der Waals surface area contributed by atoms with Crippen molar-refractivity contribution in [3.8, 4) is 0 Å². The van der Waals surface area contributed by atoms with Crippen LogP contribution in [0.4, 0.5) is 0 Å². The van der Waals surface area contributed by atoms with Gasteiger partial charge in [-0.05, 0) is 64.2 Å². The number of hydrogen-bond donors (Lipinski definition) is 0. The number of unbranched alkanes of at least 4 members (excludes halogenated alkanes) is 29. The van der Waals surface area contributed by atoms with Gasteiger partial charge in [-0.3, -0.25) is 14.4 Å². The van der Waals surface area contributed by atoms with E-state index in [1.165, 1.54) is 135 Å². The second-order valence-corrected chi connectivity index (χ2v) is 16.8. The zero-order valence-electron chi connectivity index (χ0n) is 38.6. The first kappa shape index (κ1) is 55.6. The Hall–Kier alpha value is -2.37. The van der Waals surface area contributed by atoms with Gasteiger partial charge in [-0.1, -0.05) is 211 Å². The SMILES string of the molecule is CCCC/C=C\C=C/CCCCCC(=O)OCC(COC(=O)CCCCCCCCCCCCCCCCCCC)OC(=O)CCCCCCC/C=C\CCCCC. The van der Waals surface area contributed by atoms with E-state index in [0.29, 0.717) is 19.3 Å². The molecule has 0 bridgehead atoms. The van der Waals surface area contributed by atoms with Gasteiger partial charge < -0.3 is 14.2 Å². The Kier molecular flexibility index (Phi) is 45.4. The molecule has 0 radical (unpaired) electrons. The van der Waals surface area contributed by atoms with Gasteiger partial charge in [-0.2, -0.15) is 0 Å². The summed E-state index contributed by atoms with van der Waals surface area (Å²) in [6.45, 7) is 6.54. The van der Waals surface area contributed by atoms with E-state index in [4.69, 9.17) is 14.2 Å². The average molecular weight is 815 g/mol. The molecule has 0 rings (SSSR count). The van der Waals surface area contributed by atoms with Crippen LogP contribution in [0.15, 0.2) is 36.5 Å². The molecule has 0 aliphatic rings. The molecule has 6 heteroatoms. The minimum Gasteiger partial charge on any atom is -0.462 e. The molecule has 0 aromatic carbocycles. The fourth-order valence-corrected chi connectivity index (χ4v) is 7.06. The predicted molar refractivity (Wildman–Crippen MR) is 247 cm³/mol. The zero-order chi connectivity index (χ0) is 42.3. The maximum Gasteiger partial charge on any atom is 0.306 e. The van der Waals surface area contributed by atoms with Crippen LogP contribution < -0.4 is 0 Å². The van der Waals surface area contributed by atoms with E-state index in [0.717, 1.165) is 83.5 Å². The summed E-state index contributed by atoms with van der Waals surface area (Å²) in [5.41, 5.74) is 0. The lowest BCUT2D eigenvalue weighted by Crippen LogP contribution is -2.30. The highest BCUT2D eigenvalue weighted by Crippen LogP contribution is 2.15. The van der Waals surface area contributed by atoms with E-state index in [1.54, 1.807) is 0 Å². The van der Waals surface area contributed by atoms with Crippen molar-refractivity contribution >= 4 is 17.9 Å². The molecule has 0 aromatic rings. The Balaban J connectivity index is 4.34. The van der Waals surface area contributed by atoms with Crippen molar-refractivity contribution in [2.24, 2.45) is 0 Å². The third-order valence-electron chi connectivity index (χ3n) is 10.9. The quantitative estimate of drug-likeness (QED) is 0.0200. The second-order valence-electron chi connectivity index (χ2n) is 16.8. The van der Waals surface area contributed by atoms with Crippen molar-refractivity contribution in [3.63, 3.8) is 0 Å². The van der Waals surface area contributed by atoms with E-state index in [-0.39, 0.29) is 31.1 Å². The molecule has 0 heterocycles. The Labute approximate surface area is 359 Å². The van der Waals surface area contributed by atoms with Crippen LogP contribution >= 0.6 is 0 Å². The van der Waals surface area contributed by atoms with Gasteiger partial charge in [0.15, 0.2) is 6.10 Å². The largest absolute Gasteiger partial charge is 0.462 e. The van der Waals surface area contributed by atoms with Crippen molar-refractivity contribution in [1.82, 2.24) is 0 Å². The highest BCUT2D eigenvalue weighted by atomic mass is 16.6. The minimum atomic E-state index is -0.782. The summed E-state index contributed by atoms with van der Waals surface area (Å²) in [5, 5.41) is 0. The molecule has 58 heavy (non-hydrogen) atoms. The fraction of sp³-hybridized carbons (Fsp3) is 0.827. The molecular weight excluding hydrogens is 721 g/mol. The number of rotatable bonds is 45. The minimum absolute atomic E-state index is 0.0813. The Morgan fingerprint density at radius 3 is 1.07 bits per heavy atom. The number of carbonyl (C=O) groups excluding carboxylic acids is 3. The molecule has 0 aromatic heterocycles. The van der Waals surface area contributed by atoms with Gasteiger partial charge in [0.2, 0.25) is 0 Å². The number of ether oxygens (including phenoxy) is 3. The Morgan fingerprint density at radius 2 is 0.638 bits per heavy atom. The summed E-state index contributed by atoms with van der Waals surface area (Å²) in [7, 11) is 0. The summed E-state index contributed by atoms with van der Waals surface area (Å²) in [6, 6.07) is 0. The second kappa shape index (κ2) is 47.3. The van der Waals surface area contributed by atoms with Crippen molar-refractivity contribution in [2.45, 2.75) is 264 Å². The first-order valence-corrected chi connectivity index (χ1v) is 25.0. The first-order chi connectivity index (χ1) is 28.5. The fourth-order valence-electron chi connectivity index (χ4n) is 7.06. The highest BCUT2D eigenvalue weighted by molar-refractivity contribution is 5.71. The molecule has 0 aliphatic heterocycles. The van der Waals surface area contributed by atoms with Crippen LogP contribution in [-0.4, -0.2) is 37.2 Å². The normalized spacial score (nSPS) is 12.3. The van der Waals surface area contributed by atoms with Gasteiger partial charge in [0, 0.05) is 19.3 Å². The zero-order valence-corrected chi connectivity index (χ0v) is 38.6. The lowest BCUT2D eigenvalue weighted by atomic mass is 10.0. The van der Waals surface area contributed by atoms with E-state index >= 15 is 0 Å². The molecule has 0 fully saturated rings. The van der Waals surface area contributed by atoms with E-state index < -0.39 is 6.10 Å². The number of allylic oxidation sites excluding steroid dienone is 6. The first-order valence-electron chi connectivity index (χ1n) is 25.0. The van der Waals surface area contributed by atoms with Crippen molar-refractivity contribution in [3.05, 3.63) is 36.5 Å². The summed E-state index contributed by atoms with van der Waals surface area (Å²) in [6.07, 6.45) is 54.2. The van der Waals surface area contributed by atoms with Crippen LogP contribution in [0.5, 0.6) is 0 Å². The van der Waals surface area contributed by atoms with E-state index in [2.05, 4.69) is 57.2 Å². The monoisotopic (exact) mass is 815 g/mol. The molecule has 6 nitrogen and oxygen atoms in total. The van der Waals surface area contributed by atoms with E-state index in [1.807, 2.05) is 0 Å². The van der Waals surface area contributed by atoms with Gasteiger partial charge >= 0.3 is 17.9 Å². The van der Waals surface area contributed by atoms with E-state index in [9.17, 15) is 14.4 Å². The summed E-state index contributed by atoms with van der Waals surface area (Å²) >= 11 is 0. The molecule has 0 amide bonds. The number of esters is 3. The van der Waals surface area contributed by atoms with Crippen molar-refractivity contribution in [2.75, 3.05) is 13.2 Å². The molecule has 0 N–H and O–H groups in total. The molecule has 1 atom stereocenters. The predicted octanol–water partition coefficient (Wildman–Crippen LogP) is 16.1. The maximum atomic E-state index is 12.7. The van der Waals surface area contributed by atoms with Gasteiger partial charge in [-0.25, -0.2) is 0 Å². The van der Waals surface area contributed by atoms with Gasteiger partial charge in [-0.15, -0.1) is 0 Å². The maximum absolute atomic E-state index is 12.7. The van der Waals surface area contributed by atoms with Crippen LogP contribution in [0.25, 0.3) is 0 Å². The van der Waals surface area contributed by atoms with Gasteiger partial charge in [0.25, 0.3) is 0 Å². The van der Waals surface area contributed by atoms with Crippen LogP contribution in [-0.2, 0) is 28.6 Å². The number of carbonyl (C=O) groups is 3. The van der Waals surface area contributed by atoms with Crippen LogP contribution in [0, 0.1) is 0 Å². The standard InChI is InChI=1S/C52H94O6/c1-4-7-10-13-16-19-22-24-25-26-27-28-31-33-36-39-42-45-51(54)57-48-49(47-56-50(53)44-41-38-35-32-29-21-18-15-12-9-6-3)58-52(55)46-43-40-37-34-30-23-20-17-14-11-8-5-2/h15,17-18,20-21,29,49H,4-14,16,19,22-28,30-48H2,1-3H3/b18-15-,20-17-,29-21-. The molecule has 0 aliphatic carbocycles.